The predicted octanol–water partition coefficient (Wildman–Crippen LogP) is 1.68. The Bertz CT molecular complexity index is 945. The van der Waals surface area contributed by atoms with Gasteiger partial charge in [0.05, 0.1) is 13.2 Å². The summed E-state index contributed by atoms with van der Waals surface area (Å²) in [5.41, 5.74) is 8.82. The van der Waals surface area contributed by atoms with Gasteiger partial charge in [-0.25, -0.2) is 10.2 Å². The molecule has 1 fully saturated rings. The van der Waals surface area contributed by atoms with Gasteiger partial charge in [-0.3, -0.25) is 19.4 Å². The molecule has 1 aliphatic heterocycles. The van der Waals surface area contributed by atoms with Gasteiger partial charge in [0.1, 0.15) is 23.4 Å². The van der Waals surface area contributed by atoms with Crippen molar-refractivity contribution in [1.82, 2.24) is 15.8 Å². The Morgan fingerprint density at radius 1 is 1.22 bits per heavy atom. The van der Waals surface area contributed by atoms with Crippen LogP contribution in [-0.4, -0.2) is 66.3 Å². The molecule has 1 saturated heterocycles. The minimum absolute atomic E-state index is 0.0992. The summed E-state index contributed by atoms with van der Waals surface area (Å²) in [6.07, 6.45) is 0.358. The second kappa shape index (κ2) is 12.7. The first-order chi connectivity index (χ1) is 16.8. The molecule has 0 unspecified atom stereocenters. The van der Waals surface area contributed by atoms with Crippen molar-refractivity contribution < 1.29 is 33.4 Å². The minimum Gasteiger partial charge on any atom is -0.468 e. The van der Waals surface area contributed by atoms with E-state index >= 15 is 0 Å². The number of hydrogen-bond donors (Lipinski definition) is 3. The summed E-state index contributed by atoms with van der Waals surface area (Å²) in [4.78, 5) is 50.2. The number of nitrogens with one attached hydrogen (secondary N) is 2. The highest BCUT2D eigenvalue weighted by Gasteiger charge is 2.34. The zero-order chi connectivity index (χ0) is 27.0. The molecule has 3 atom stereocenters. The monoisotopic (exact) mass is 506 g/mol. The van der Waals surface area contributed by atoms with Gasteiger partial charge in [-0.05, 0) is 57.2 Å². The summed E-state index contributed by atoms with van der Waals surface area (Å²) in [5, 5.41) is 4.08. The van der Waals surface area contributed by atoms with Crippen molar-refractivity contribution in [2.24, 2.45) is 11.7 Å². The van der Waals surface area contributed by atoms with Crippen molar-refractivity contribution in [3.8, 4) is 5.75 Å². The van der Waals surface area contributed by atoms with Crippen LogP contribution in [0.1, 0.15) is 53.0 Å². The number of nitrogens with zero attached hydrogens (tertiary/aromatic N) is 1. The van der Waals surface area contributed by atoms with Gasteiger partial charge >= 0.3 is 12.1 Å². The highest BCUT2D eigenvalue weighted by molar-refractivity contribution is 5.90. The Hall–Kier alpha value is -3.18. The third-order valence-corrected chi connectivity index (χ3v) is 5.50. The van der Waals surface area contributed by atoms with Crippen LogP contribution in [0.5, 0.6) is 5.75 Å². The lowest BCUT2D eigenvalue weighted by molar-refractivity contribution is -0.151. The number of nitrogens with two attached hydrogens (primary N) is 1. The number of ether oxygens (including phenoxy) is 3. The predicted molar refractivity (Wildman–Crippen MR) is 132 cm³/mol. The maximum Gasteiger partial charge on any atom is 0.514 e. The summed E-state index contributed by atoms with van der Waals surface area (Å²) >= 11 is 0. The van der Waals surface area contributed by atoms with E-state index in [1.807, 2.05) is 13.8 Å². The number of methoxy groups -OCH3 is 1. The van der Waals surface area contributed by atoms with Crippen LogP contribution in [0.4, 0.5) is 4.79 Å². The Balaban J connectivity index is 2.22. The van der Waals surface area contributed by atoms with Crippen LogP contribution in [0.2, 0.25) is 0 Å². The average molecular weight is 507 g/mol. The molecule has 2 amide bonds. The van der Waals surface area contributed by atoms with Crippen LogP contribution in [0, 0.1) is 5.92 Å². The molecule has 0 bridgehead atoms. The molecule has 0 radical (unpaired) electrons. The molecule has 1 heterocycles. The summed E-state index contributed by atoms with van der Waals surface area (Å²) < 4.78 is 15.2. The fraction of sp³-hybridized carbons (Fsp3) is 0.600. The number of hydrazine groups is 1. The van der Waals surface area contributed by atoms with E-state index in [0.717, 1.165) is 0 Å². The lowest BCUT2D eigenvalue weighted by atomic mass is 10.0. The van der Waals surface area contributed by atoms with Crippen LogP contribution >= 0.6 is 0 Å². The van der Waals surface area contributed by atoms with Gasteiger partial charge in [0.15, 0.2) is 0 Å². The van der Waals surface area contributed by atoms with E-state index < -0.39 is 47.7 Å². The topological polar surface area (TPSA) is 149 Å². The molecule has 4 N–H and O–H groups in total. The number of benzene rings is 1. The normalized spacial score (nSPS) is 17.7. The van der Waals surface area contributed by atoms with Crippen LogP contribution in [0.15, 0.2) is 24.3 Å². The maximum absolute atomic E-state index is 13.5. The lowest BCUT2D eigenvalue weighted by Gasteiger charge is -2.35. The van der Waals surface area contributed by atoms with E-state index in [9.17, 15) is 19.2 Å². The van der Waals surface area contributed by atoms with Gasteiger partial charge in [-0.1, -0.05) is 26.0 Å². The van der Waals surface area contributed by atoms with Gasteiger partial charge in [-0.2, -0.15) is 0 Å². The number of rotatable bonds is 8. The molecular weight excluding hydrogens is 468 g/mol. The van der Waals surface area contributed by atoms with Crippen LogP contribution in [-0.2, 0) is 30.3 Å². The molecule has 1 aliphatic rings. The Morgan fingerprint density at radius 3 is 2.53 bits per heavy atom. The zero-order valence-electron chi connectivity index (χ0n) is 21.8. The minimum atomic E-state index is -0.983. The smallest absolute Gasteiger partial charge is 0.468 e. The second-order valence-electron chi connectivity index (χ2n) is 10.1. The summed E-state index contributed by atoms with van der Waals surface area (Å²) in [6.45, 7) is 9.16. The van der Waals surface area contributed by atoms with E-state index in [1.54, 1.807) is 45.0 Å². The van der Waals surface area contributed by atoms with Crippen molar-refractivity contribution in [1.29, 1.82) is 0 Å². The summed E-state index contributed by atoms with van der Waals surface area (Å²) in [6, 6.07) is 4.15. The highest BCUT2D eigenvalue weighted by Crippen LogP contribution is 2.19. The van der Waals surface area contributed by atoms with Gasteiger partial charge in [-0.15, -0.1) is 0 Å². The van der Waals surface area contributed by atoms with E-state index in [-0.39, 0.29) is 18.1 Å². The number of hydrogen-bond acceptors (Lipinski definition) is 9. The molecule has 11 heteroatoms. The molecule has 2 rings (SSSR count). The van der Waals surface area contributed by atoms with Crippen molar-refractivity contribution >= 4 is 23.9 Å². The maximum atomic E-state index is 13.5. The van der Waals surface area contributed by atoms with Crippen molar-refractivity contribution in [3.05, 3.63) is 29.8 Å². The highest BCUT2D eigenvalue weighted by atomic mass is 16.7. The number of carbonyl (C=O) groups is 4. The molecular formula is C25H38N4O7. The number of amides is 2. The summed E-state index contributed by atoms with van der Waals surface area (Å²) in [7, 11) is 1.29. The molecule has 11 nitrogen and oxygen atoms in total. The second-order valence-corrected chi connectivity index (χ2v) is 10.1. The van der Waals surface area contributed by atoms with E-state index in [2.05, 4.69) is 10.7 Å². The molecule has 0 saturated carbocycles. The van der Waals surface area contributed by atoms with E-state index in [4.69, 9.17) is 19.9 Å². The average Bonchev–Trinajstić information content (AvgIpc) is 2.81. The van der Waals surface area contributed by atoms with Crippen LogP contribution in [0.25, 0.3) is 0 Å². The molecule has 0 spiro atoms. The third kappa shape index (κ3) is 8.80. The molecule has 200 valence electrons. The third-order valence-electron chi connectivity index (χ3n) is 5.50. The Kier molecular flexibility index (Phi) is 10.2. The summed E-state index contributed by atoms with van der Waals surface area (Å²) in [5.74, 6) is -1.26. The molecule has 1 aromatic carbocycles. The van der Waals surface area contributed by atoms with Gasteiger partial charge in [0.25, 0.3) is 5.91 Å². The lowest BCUT2D eigenvalue weighted by Crippen LogP contribution is -2.61. The standard InChI is InChI=1S/C25H38N4O7/c1-15(2)20(26)21(30)27-19(22(31)29-12-8-11-18(28-29)23(32)34-6)14-16-9-7-10-17(13-16)35-24(33)36-25(3,4)5/h7,9-10,13,15,18-20,28H,8,11-12,14,26H2,1-6H3,(H,27,30)/t18-,19-,20-/m0/s1. The van der Waals surface area contributed by atoms with Crippen LogP contribution in [0.3, 0.4) is 0 Å². The first-order valence-electron chi connectivity index (χ1n) is 12.0. The van der Waals surface area contributed by atoms with Crippen LogP contribution < -0.4 is 21.2 Å². The van der Waals surface area contributed by atoms with Gasteiger partial charge in [0.2, 0.25) is 5.91 Å². The quantitative estimate of drug-likeness (QED) is 0.353. The van der Waals surface area contributed by atoms with Crippen molar-refractivity contribution in [2.75, 3.05) is 13.7 Å². The molecule has 36 heavy (non-hydrogen) atoms. The SMILES string of the molecule is COC(=O)[C@@H]1CCCN(C(=O)[C@H](Cc2cccc(OC(=O)OC(C)(C)C)c2)NC(=O)[C@@H](N)C(C)C)N1. The number of esters is 1. The van der Waals surface area contributed by atoms with Crippen molar-refractivity contribution in [3.63, 3.8) is 0 Å². The molecule has 0 aromatic heterocycles. The van der Waals surface area contributed by atoms with E-state index in [1.165, 1.54) is 12.1 Å². The van der Waals surface area contributed by atoms with E-state index in [0.29, 0.717) is 24.9 Å². The Labute approximate surface area is 212 Å². The van der Waals surface area contributed by atoms with Gasteiger partial charge < -0.3 is 25.3 Å². The molecule has 0 aliphatic carbocycles. The largest absolute Gasteiger partial charge is 0.514 e. The Morgan fingerprint density at radius 2 is 1.92 bits per heavy atom. The first kappa shape index (κ1) is 29.1. The first-order valence-corrected chi connectivity index (χ1v) is 12.0. The fourth-order valence-corrected chi connectivity index (χ4v) is 3.55. The fourth-order valence-electron chi connectivity index (χ4n) is 3.55. The number of carbonyl (C=O) groups excluding carboxylic acids is 4. The van der Waals surface area contributed by atoms with Gasteiger partial charge in [0, 0.05) is 13.0 Å². The molecule has 1 aromatic rings. The zero-order valence-corrected chi connectivity index (χ0v) is 21.8. The van der Waals surface area contributed by atoms with Crippen molar-refractivity contribution in [2.45, 2.75) is 77.6 Å².